The molecule has 0 aliphatic heterocycles. The minimum atomic E-state index is -0.203. The molecular weight excluding hydrogens is 248 g/mol. The zero-order valence-electron chi connectivity index (χ0n) is 12.3. The Morgan fingerprint density at radius 2 is 1.80 bits per heavy atom. The number of benzene rings is 1. The fourth-order valence-corrected chi connectivity index (χ4v) is 2.40. The second-order valence-electron chi connectivity index (χ2n) is 5.28. The molecule has 3 nitrogen and oxygen atoms in total. The molecule has 2 aromatic rings. The molecular formula is C17H18N2O. The first kappa shape index (κ1) is 14.1. The van der Waals surface area contributed by atoms with E-state index in [9.17, 15) is 4.79 Å². The molecule has 0 saturated heterocycles. The Balaban J connectivity index is 2.58. The summed E-state index contributed by atoms with van der Waals surface area (Å²) in [6, 6.07) is 10.1. The maximum absolute atomic E-state index is 12.4. The van der Waals surface area contributed by atoms with E-state index in [1.165, 1.54) is 5.56 Å². The molecule has 0 N–H and O–H groups in total. The largest absolute Gasteiger partial charge is 0.307 e. The number of aromatic nitrogens is 1. The molecule has 0 bridgehead atoms. The van der Waals surface area contributed by atoms with Crippen LogP contribution in [0.1, 0.15) is 33.5 Å². The molecule has 0 saturated carbocycles. The predicted molar refractivity (Wildman–Crippen MR) is 79.9 cm³/mol. The van der Waals surface area contributed by atoms with Crippen LogP contribution in [0.4, 0.5) is 0 Å². The molecule has 0 atom stereocenters. The lowest BCUT2D eigenvalue weighted by atomic mass is 10.0. The molecule has 0 spiro atoms. The van der Waals surface area contributed by atoms with Gasteiger partial charge in [0.25, 0.3) is 5.56 Å². The third kappa shape index (κ3) is 2.50. The summed E-state index contributed by atoms with van der Waals surface area (Å²) in [6.45, 7) is 8.28. The summed E-state index contributed by atoms with van der Waals surface area (Å²) < 4.78 is 1.67. The van der Waals surface area contributed by atoms with Crippen molar-refractivity contribution in [3.8, 4) is 6.07 Å². The third-order valence-electron chi connectivity index (χ3n) is 3.65. The van der Waals surface area contributed by atoms with Crippen LogP contribution in [0.25, 0.3) is 0 Å². The van der Waals surface area contributed by atoms with Crippen molar-refractivity contribution in [3.63, 3.8) is 0 Å². The SMILES string of the molecule is Cc1ccc(C)c(Cn2c(C)cc(C)c(C#N)c2=O)c1. The van der Waals surface area contributed by atoms with E-state index in [1.54, 1.807) is 11.5 Å². The summed E-state index contributed by atoms with van der Waals surface area (Å²) in [4.78, 5) is 12.4. The first-order valence-corrected chi connectivity index (χ1v) is 6.61. The van der Waals surface area contributed by atoms with Crippen molar-refractivity contribution in [2.45, 2.75) is 34.2 Å². The Bertz CT molecular complexity index is 764. The molecule has 1 aromatic heterocycles. The van der Waals surface area contributed by atoms with Crippen LogP contribution in [-0.4, -0.2) is 4.57 Å². The summed E-state index contributed by atoms with van der Waals surface area (Å²) in [5.74, 6) is 0. The van der Waals surface area contributed by atoms with Crippen LogP contribution in [0.15, 0.2) is 29.1 Å². The minimum absolute atomic E-state index is 0.203. The summed E-state index contributed by atoms with van der Waals surface area (Å²) in [5.41, 5.74) is 5.10. The van der Waals surface area contributed by atoms with Gasteiger partial charge in [0, 0.05) is 5.69 Å². The second-order valence-corrected chi connectivity index (χ2v) is 5.28. The van der Waals surface area contributed by atoms with Gasteiger partial charge in [-0.3, -0.25) is 4.79 Å². The number of aryl methyl sites for hydroxylation is 4. The van der Waals surface area contributed by atoms with Gasteiger partial charge in [0.05, 0.1) is 6.54 Å². The fourth-order valence-electron chi connectivity index (χ4n) is 2.40. The highest BCUT2D eigenvalue weighted by molar-refractivity contribution is 5.37. The second kappa shape index (κ2) is 5.34. The standard InChI is InChI=1S/C17H18N2O/c1-11-5-6-12(2)15(7-11)10-19-14(4)8-13(3)16(9-18)17(19)20/h5-8H,10H2,1-4H3. The van der Waals surface area contributed by atoms with E-state index < -0.39 is 0 Å². The lowest BCUT2D eigenvalue weighted by Gasteiger charge is -2.14. The van der Waals surface area contributed by atoms with Gasteiger partial charge in [-0.15, -0.1) is 0 Å². The number of nitrogens with zero attached hydrogens (tertiary/aromatic N) is 2. The van der Waals surface area contributed by atoms with Gasteiger partial charge < -0.3 is 4.57 Å². The Hall–Kier alpha value is -2.34. The monoisotopic (exact) mass is 266 g/mol. The number of hydrogen-bond donors (Lipinski definition) is 0. The van der Waals surface area contributed by atoms with Crippen molar-refractivity contribution >= 4 is 0 Å². The highest BCUT2D eigenvalue weighted by Crippen LogP contribution is 2.13. The number of rotatable bonds is 2. The molecule has 0 aliphatic rings. The third-order valence-corrected chi connectivity index (χ3v) is 3.65. The van der Waals surface area contributed by atoms with Crippen LogP contribution in [-0.2, 0) is 6.54 Å². The smallest absolute Gasteiger partial charge is 0.269 e. The Morgan fingerprint density at radius 1 is 1.10 bits per heavy atom. The first-order valence-electron chi connectivity index (χ1n) is 6.61. The van der Waals surface area contributed by atoms with Crippen molar-refractivity contribution in [1.29, 1.82) is 5.26 Å². The van der Waals surface area contributed by atoms with E-state index in [4.69, 9.17) is 5.26 Å². The summed E-state index contributed by atoms with van der Waals surface area (Å²) in [7, 11) is 0. The van der Waals surface area contributed by atoms with Crippen LogP contribution in [0, 0.1) is 39.0 Å². The predicted octanol–water partition coefficient (Wildman–Crippen LogP) is 3.00. The number of pyridine rings is 1. The normalized spacial score (nSPS) is 10.3. The van der Waals surface area contributed by atoms with Crippen molar-refractivity contribution in [3.05, 3.63) is 68.1 Å². The van der Waals surface area contributed by atoms with Crippen molar-refractivity contribution < 1.29 is 0 Å². The van der Waals surface area contributed by atoms with Gasteiger partial charge in [-0.05, 0) is 50.5 Å². The van der Waals surface area contributed by atoms with Crippen LogP contribution >= 0.6 is 0 Å². The van der Waals surface area contributed by atoms with Gasteiger partial charge >= 0.3 is 0 Å². The van der Waals surface area contributed by atoms with E-state index in [0.29, 0.717) is 6.54 Å². The van der Waals surface area contributed by atoms with Gasteiger partial charge in [0.2, 0.25) is 0 Å². The zero-order valence-corrected chi connectivity index (χ0v) is 12.3. The summed E-state index contributed by atoms with van der Waals surface area (Å²) >= 11 is 0. The molecule has 1 heterocycles. The maximum Gasteiger partial charge on any atom is 0.269 e. The Kier molecular flexibility index (Phi) is 3.76. The number of nitriles is 1. The van der Waals surface area contributed by atoms with E-state index in [2.05, 4.69) is 18.2 Å². The molecule has 0 fully saturated rings. The summed E-state index contributed by atoms with van der Waals surface area (Å²) in [6.07, 6.45) is 0. The van der Waals surface area contributed by atoms with Crippen molar-refractivity contribution in [2.75, 3.05) is 0 Å². The molecule has 3 heteroatoms. The highest BCUT2D eigenvalue weighted by Gasteiger charge is 2.11. The molecule has 102 valence electrons. The fraction of sp³-hybridized carbons (Fsp3) is 0.294. The minimum Gasteiger partial charge on any atom is -0.307 e. The van der Waals surface area contributed by atoms with Gasteiger partial charge in [0.1, 0.15) is 11.6 Å². The zero-order chi connectivity index (χ0) is 14.9. The van der Waals surface area contributed by atoms with Crippen LogP contribution in [0.5, 0.6) is 0 Å². The quantitative estimate of drug-likeness (QED) is 0.838. The molecule has 20 heavy (non-hydrogen) atoms. The number of hydrogen-bond acceptors (Lipinski definition) is 2. The van der Waals surface area contributed by atoms with Crippen LogP contribution in [0.3, 0.4) is 0 Å². The topological polar surface area (TPSA) is 45.8 Å². The lowest BCUT2D eigenvalue weighted by molar-refractivity contribution is 0.721. The van der Waals surface area contributed by atoms with Gasteiger partial charge in [0.15, 0.2) is 0 Å². The molecule has 0 aliphatic carbocycles. The highest BCUT2D eigenvalue weighted by atomic mass is 16.1. The van der Waals surface area contributed by atoms with Crippen molar-refractivity contribution in [2.24, 2.45) is 0 Å². The van der Waals surface area contributed by atoms with Gasteiger partial charge in [-0.2, -0.15) is 5.26 Å². The average Bonchev–Trinajstić information content (AvgIpc) is 2.38. The van der Waals surface area contributed by atoms with Gasteiger partial charge in [-0.25, -0.2) is 0 Å². The molecule has 1 aromatic carbocycles. The lowest BCUT2D eigenvalue weighted by Crippen LogP contribution is -2.26. The van der Waals surface area contributed by atoms with E-state index in [0.717, 1.165) is 22.4 Å². The van der Waals surface area contributed by atoms with Crippen LogP contribution < -0.4 is 5.56 Å². The molecule has 0 unspecified atom stereocenters. The van der Waals surface area contributed by atoms with E-state index in [1.807, 2.05) is 32.9 Å². The Morgan fingerprint density at radius 3 is 2.45 bits per heavy atom. The average molecular weight is 266 g/mol. The maximum atomic E-state index is 12.4. The molecule has 2 rings (SSSR count). The molecule has 0 amide bonds. The van der Waals surface area contributed by atoms with E-state index in [-0.39, 0.29) is 11.1 Å². The van der Waals surface area contributed by atoms with Crippen molar-refractivity contribution in [1.82, 2.24) is 4.57 Å². The Labute approximate surface area is 119 Å². The van der Waals surface area contributed by atoms with Gasteiger partial charge in [-0.1, -0.05) is 23.8 Å². The molecule has 0 radical (unpaired) electrons. The first-order chi connectivity index (χ1) is 9.43. The van der Waals surface area contributed by atoms with Crippen LogP contribution in [0.2, 0.25) is 0 Å². The van der Waals surface area contributed by atoms with E-state index >= 15 is 0 Å². The summed E-state index contributed by atoms with van der Waals surface area (Å²) in [5, 5.41) is 9.12.